The van der Waals surface area contributed by atoms with Crippen molar-refractivity contribution in [1.29, 1.82) is 0 Å². The Morgan fingerprint density at radius 2 is 2.06 bits per heavy atom. The Bertz CT molecular complexity index is 229. The second kappa shape index (κ2) is 7.46. The average Bonchev–Trinajstić information content (AvgIpc) is 3.15. The van der Waals surface area contributed by atoms with E-state index in [9.17, 15) is 5.11 Å². The smallest absolute Gasteiger partial charge is 0.0611 e. The van der Waals surface area contributed by atoms with E-state index in [0.29, 0.717) is 0 Å². The van der Waals surface area contributed by atoms with E-state index in [2.05, 4.69) is 37.9 Å². The molecule has 1 aliphatic carbocycles. The van der Waals surface area contributed by atoms with Gasteiger partial charge in [0.25, 0.3) is 0 Å². The van der Waals surface area contributed by atoms with Crippen LogP contribution in [0.1, 0.15) is 53.4 Å². The highest BCUT2D eigenvalue weighted by molar-refractivity contribution is 4.89. The molecule has 0 aromatic heterocycles. The molecular formula is C15H32N2O. The van der Waals surface area contributed by atoms with Gasteiger partial charge in [0.05, 0.1) is 6.61 Å². The Balaban J connectivity index is 2.38. The molecule has 0 aliphatic heterocycles. The molecule has 0 heterocycles. The minimum absolute atomic E-state index is 0.111. The predicted molar refractivity (Wildman–Crippen MR) is 77.8 cm³/mol. The lowest BCUT2D eigenvalue weighted by Crippen LogP contribution is -2.48. The zero-order valence-corrected chi connectivity index (χ0v) is 12.7. The fourth-order valence-corrected chi connectivity index (χ4v) is 2.37. The van der Waals surface area contributed by atoms with Crippen molar-refractivity contribution in [3.8, 4) is 0 Å². The minimum Gasteiger partial charge on any atom is -0.394 e. The van der Waals surface area contributed by atoms with Gasteiger partial charge in [0.15, 0.2) is 0 Å². The summed E-state index contributed by atoms with van der Waals surface area (Å²) in [6.45, 7) is 12.4. The van der Waals surface area contributed by atoms with Crippen LogP contribution < -0.4 is 5.32 Å². The molecule has 0 saturated heterocycles. The fourth-order valence-electron chi connectivity index (χ4n) is 2.37. The molecule has 1 atom stereocenters. The number of hydrogen-bond acceptors (Lipinski definition) is 3. The van der Waals surface area contributed by atoms with Crippen molar-refractivity contribution in [2.24, 2.45) is 5.92 Å². The third kappa shape index (κ3) is 5.68. The largest absolute Gasteiger partial charge is 0.394 e. The summed E-state index contributed by atoms with van der Waals surface area (Å²) < 4.78 is 0. The van der Waals surface area contributed by atoms with E-state index in [0.717, 1.165) is 37.9 Å². The molecule has 3 nitrogen and oxygen atoms in total. The Hall–Kier alpha value is -0.120. The second-order valence-electron chi connectivity index (χ2n) is 6.52. The number of rotatable bonds is 10. The van der Waals surface area contributed by atoms with Gasteiger partial charge in [-0.3, -0.25) is 0 Å². The van der Waals surface area contributed by atoms with E-state index in [-0.39, 0.29) is 12.1 Å². The summed E-state index contributed by atoms with van der Waals surface area (Å²) in [5.74, 6) is 0.731. The van der Waals surface area contributed by atoms with E-state index in [1.54, 1.807) is 0 Å². The molecule has 2 N–H and O–H groups in total. The van der Waals surface area contributed by atoms with Gasteiger partial charge in [-0.25, -0.2) is 0 Å². The Labute approximate surface area is 113 Å². The zero-order valence-electron chi connectivity index (χ0n) is 12.7. The highest BCUT2D eigenvalue weighted by Crippen LogP contribution is 2.28. The van der Waals surface area contributed by atoms with Gasteiger partial charge in [-0.05, 0) is 45.1 Å². The van der Waals surface area contributed by atoms with Crippen LogP contribution in [0.3, 0.4) is 0 Å². The van der Waals surface area contributed by atoms with Crippen LogP contribution in [0.25, 0.3) is 0 Å². The van der Waals surface area contributed by atoms with Crippen molar-refractivity contribution >= 4 is 0 Å². The third-order valence-electron chi connectivity index (χ3n) is 3.76. The van der Waals surface area contributed by atoms with E-state index in [1.165, 1.54) is 19.4 Å². The zero-order chi connectivity index (χ0) is 13.6. The average molecular weight is 256 g/mol. The first-order chi connectivity index (χ1) is 8.50. The molecule has 0 radical (unpaired) electrons. The molecule has 1 saturated carbocycles. The SMILES string of the molecule is CCCNC(C)(CO)CCN(CC(C)C)C1CC1. The van der Waals surface area contributed by atoms with Crippen LogP contribution >= 0.6 is 0 Å². The summed E-state index contributed by atoms with van der Waals surface area (Å²) in [5.41, 5.74) is -0.111. The molecule has 0 spiro atoms. The summed E-state index contributed by atoms with van der Waals surface area (Å²) in [4.78, 5) is 2.62. The van der Waals surface area contributed by atoms with E-state index < -0.39 is 0 Å². The number of aliphatic hydroxyl groups excluding tert-OH is 1. The second-order valence-corrected chi connectivity index (χ2v) is 6.52. The van der Waals surface area contributed by atoms with Crippen molar-refractivity contribution in [2.75, 3.05) is 26.2 Å². The fraction of sp³-hybridized carbons (Fsp3) is 1.00. The van der Waals surface area contributed by atoms with Crippen LogP contribution in [-0.4, -0.2) is 47.8 Å². The Kier molecular flexibility index (Phi) is 6.61. The first kappa shape index (κ1) is 15.9. The lowest BCUT2D eigenvalue weighted by molar-refractivity contribution is 0.138. The van der Waals surface area contributed by atoms with Gasteiger partial charge in [-0.1, -0.05) is 20.8 Å². The molecule has 0 aromatic rings. The van der Waals surface area contributed by atoms with Gasteiger partial charge in [0.2, 0.25) is 0 Å². The topological polar surface area (TPSA) is 35.5 Å². The molecule has 3 heteroatoms. The van der Waals surface area contributed by atoms with Gasteiger partial charge >= 0.3 is 0 Å². The summed E-state index contributed by atoms with van der Waals surface area (Å²) in [7, 11) is 0. The molecule has 1 aliphatic rings. The van der Waals surface area contributed by atoms with Gasteiger partial charge < -0.3 is 15.3 Å². The maximum atomic E-state index is 9.58. The summed E-state index contributed by atoms with van der Waals surface area (Å²) >= 11 is 0. The molecule has 108 valence electrons. The number of aliphatic hydroxyl groups is 1. The van der Waals surface area contributed by atoms with Gasteiger partial charge in [-0.15, -0.1) is 0 Å². The lowest BCUT2D eigenvalue weighted by Gasteiger charge is -2.33. The number of nitrogens with one attached hydrogen (secondary N) is 1. The standard InChI is InChI=1S/C15H32N2O/c1-5-9-16-15(4,12-18)8-10-17(11-13(2)3)14-6-7-14/h13-14,16,18H,5-12H2,1-4H3. The molecular weight excluding hydrogens is 224 g/mol. The van der Waals surface area contributed by atoms with Gasteiger partial charge in [0.1, 0.15) is 0 Å². The van der Waals surface area contributed by atoms with Crippen LogP contribution in [0.15, 0.2) is 0 Å². The number of hydrogen-bond donors (Lipinski definition) is 2. The molecule has 1 fully saturated rings. The molecule has 1 unspecified atom stereocenters. The Morgan fingerprint density at radius 3 is 2.50 bits per heavy atom. The monoisotopic (exact) mass is 256 g/mol. The maximum absolute atomic E-state index is 9.58. The summed E-state index contributed by atoms with van der Waals surface area (Å²) in [5, 5.41) is 13.1. The van der Waals surface area contributed by atoms with Gasteiger partial charge in [-0.2, -0.15) is 0 Å². The molecule has 1 rings (SSSR count). The maximum Gasteiger partial charge on any atom is 0.0611 e. The number of nitrogens with zero attached hydrogens (tertiary/aromatic N) is 1. The lowest BCUT2D eigenvalue weighted by atomic mass is 9.98. The van der Waals surface area contributed by atoms with Crippen molar-refractivity contribution in [3.63, 3.8) is 0 Å². The van der Waals surface area contributed by atoms with Crippen LogP contribution in [-0.2, 0) is 0 Å². The molecule has 0 amide bonds. The minimum atomic E-state index is -0.111. The highest BCUT2D eigenvalue weighted by Gasteiger charge is 2.31. The van der Waals surface area contributed by atoms with Crippen molar-refractivity contribution < 1.29 is 5.11 Å². The van der Waals surface area contributed by atoms with E-state index in [1.807, 2.05) is 0 Å². The first-order valence-electron chi connectivity index (χ1n) is 7.60. The van der Waals surface area contributed by atoms with Crippen molar-refractivity contribution in [2.45, 2.75) is 65.0 Å². The van der Waals surface area contributed by atoms with Crippen LogP contribution in [0, 0.1) is 5.92 Å². The summed E-state index contributed by atoms with van der Waals surface area (Å²) in [6, 6.07) is 0.821. The highest BCUT2D eigenvalue weighted by atomic mass is 16.3. The van der Waals surface area contributed by atoms with Crippen molar-refractivity contribution in [1.82, 2.24) is 10.2 Å². The van der Waals surface area contributed by atoms with Crippen LogP contribution in [0.2, 0.25) is 0 Å². The third-order valence-corrected chi connectivity index (χ3v) is 3.76. The normalized spacial score (nSPS) is 19.5. The van der Waals surface area contributed by atoms with Crippen molar-refractivity contribution in [3.05, 3.63) is 0 Å². The van der Waals surface area contributed by atoms with Crippen LogP contribution in [0.4, 0.5) is 0 Å². The molecule has 0 aromatic carbocycles. The summed E-state index contributed by atoms with van der Waals surface area (Å²) in [6.07, 6.45) is 4.89. The molecule has 0 bridgehead atoms. The van der Waals surface area contributed by atoms with Gasteiger partial charge in [0, 0.05) is 24.7 Å². The Morgan fingerprint density at radius 1 is 1.39 bits per heavy atom. The molecule has 18 heavy (non-hydrogen) atoms. The van der Waals surface area contributed by atoms with E-state index in [4.69, 9.17) is 0 Å². The van der Waals surface area contributed by atoms with Crippen LogP contribution in [0.5, 0.6) is 0 Å². The quantitative estimate of drug-likeness (QED) is 0.629. The predicted octanol–water partition coefficient (Wildman–Crippen LogP) is 2.25. The van der Waals surface area contributed by atoms with E-state index >= 15 is 0 Å². The first-order valence-corrected chi connectivity index (χ1v) is 7.60.